The first-order valence-corrected chi connectivity index (χ1v) is 8.68. The highest BCUT2D eigenvalue weighted by atomic mass is 16.5. The summed E-state index contributed by atoms with van der Waals surface area (Å²) in [6, 6.07) is 15.3. The van der Waals surface area contributed by atoms with Gasteiger partial charge < -0.3 is 26.3 Å². The molecule has 0 saturated heterocycles. The van der Waals surface area contributed by atoms with Gasteiger partial charge in [-0.05, 0) is 64.1 Å². The van der Waals surface area contributed by atoms with Gasteiger partial charge in [0.1, 0.15) is 23.6 Å². The average Bonchev–Trinajstić information content (AvgIpc) is 2.65. The monoisotopic (exact) mass is 373 g/mol. The predicted octanol–water partition coefficient (Wildman–Crippen LogP) is 3.28. The molecule has 6 heteroatoms. The largest absolute Gasteiger partial charge is 0.457 e. The van der Waals surface area contributed by atoms with Gasteiger partial charge in [0.05, 0.1) is 12.1 Å². The van der Waals surface area contributed by atoms with Gasteiger partial charge in [-0.2, -0.15) is 0 Å². The molecule has 0 aromatic heterocycles. The molecule has 2 aromatic carbocycles. The summed E-state index contributed by atoms with van der Waals surface area (Å²) >= 11 is 0. The maximum absolute atomic E-state index is 10.0. The minimum atomic E-state index is -0.296. The number of carbonyl (C=O) groups excluding carboxylic acids is 2. The van der Waals surface area contributed by atoms with E-state index in [0.717, 1.165) is 17.2 Å². The first kappa shape index (κ1) is 24.3. The van der Waals surface area contributed by atoms with E-state index in [0.29, 0.717) is 6.29 Å². The Morgan fingerprint density at radius 1 is 1.00 bits per heavy atom. The number of aryl methyl sites for hydroxylation is 1. The van der Waals surface area contributed by atoms with E-state index in [-0.39, 0.29) is 17.9 Å². The molecule has 0 aliphatic rings. The molecule has 6 nitrogen and oxygen atoms in total. The minimum Gasteiger partial charge on any atom is -0.457 e. The number of ether oxygens (including phenoxy) is 1. The van der Waals surface area contributed by atoms with E-state index in [1.165, 1.54) is 12.5 Å². The lowest BCUT2D eigenvalue weighted by Crippen LogP contribution is -2.23. The van der Waals surface area contributed by atoms with Gasteiger partial charge in [-0.15, -0.1) is 0 Å². The Morgan fingerprint density at radius 2 is 1.37 bits per heavy atom. The summed E-state index contributed by atoms with van der Waals surface area (Å²) in [6.45, 7) is 6.84. The van der Waals surface area contributed by atoms with Crippen molar-refractivity contribution in [1.29, 1.82) is 0 Å². The van der Waals surface area contributed by atoms with Gasteiger partial charge in [-0.3, -0.25) is 4.79 Å². The second-order valence-corrected chi connectivity index (χ2v) is 6.08. The summed E-state index contributed by atoms with van der Waals surface area (Å²) in [5.41, 5.74) is 12.3. The zero-order valence-corrected chi connectivity index (χ0v) is 16.7. The molecule has 2 rings (SSSR count). The minimum absolute atomic E-state index is 0.0370. The fraction of sp³-hybridized carbons (Fsp3) is 0.333. The van der Waals surface area contributed by atoms with Crippen LogP contribution >= 0.6 is 0 Å². The van der Waals surface area contributed by atoms with Gasteiger partial charge >= 0.3 is 0 Å². The Bertz CT molecular complexity index is 666. The van der Waals surface area contributed by atoms with E-state index in [9.17, 15) is 9.59 Å². The Hall–Kier alpha value is -2.70. The number of hydrogen-bond acceptors (Lipinski definition) is 6. The lowest BCUT2D eigenvalue weighted by atomic mass is 10.2. The maximum Gasteiger partial charge on any atom is 0.146 e. The number of rotatable bonds is 5. The third kappa shape index (κ3) is 12.3. The number of Topliss-reactive ketones (excluding diaryl/α,β-unsaturated/α-hetero) is 1. The Kier molecular flexibility index (Phi) is 12.1. The third-order valence-electron chi connectivity index (χ3n) is 3.26. The topological polar surface area (TPSA) is 107 Å². The van der Waals surface area contributed by atoms with Crippen LogP contribution in [0.15, 0.2) is 48.5 Å². The highest BCUT2D eigenvalue weighted by Gasteiger charge is 1.97. The van der Waals surface area contributed by atoms with E-state index in [1.54, 1.807) is 13.8 Å². The average molecular weight is 373 g/mol. The molecule has 2 atom stereocenters. The van der Waals surface area contributed by atoms with Crippen LogP contribution in [-0.4, -0.2) is 31.2 Å². The molecule has 0 heterocycles. The van der Waals surface area contributed by atoms with Crippen molar-refractivity contribution >= 4 is 17.8 Å². The second-order valence-electron chi connectivity index (χ2n) is 6.08. The lowest BCUT2D eigenvalue weighted by Gasteiger charge is -2.06. The van der Waals surface area contributed by atoms with Gasteiger partial charge in [-0.25, -0.2) is 0 Å². The van der Waals surface area contributed by atoms with Crippen LogP contribution in [0.4, 0.5) is 5.69 Å². The van der Waals surface area contributed by atoms with Gasteiger partial charge in [0.15, 0.2) is 0 Å². The molecule has 0 amide bonds. The molecule has 27 heavy (non-hydrogen) atoms. The molecular weight excluding hydrogens is 342 g/mol. The van der Waals surface area contributed by atoms with Gasteiger partial charge in [0, 0.05) is 12.7 Å². The predicted molar refractivity (Wildman–Crippen MR) is 111 cm³/mol. The smallest absolute Gasteiger partial charge is 0.146 e. The molecule has 0 radical (unpaired) electrons. The van der Waals surface area contributed by atoms with Crippen LogP contribution in [0.5, 0.6) is 11.5 Å². The number of anilines is 1. The zero-order chi connectivity index (χ0) is 20.8. The molecule has 0 aliphatic carbocycles. The highest BCUT2D eigenvalue weighted by Crippen LogP contribution is 2.22. The van der Waals surface area contributed by atoms with Crippen molar-refractivity contribution in [2.75, 3.05) is 12.4 Å². The van der Waals surface area contributed by atoms with Gasteiger partial charge in [-0.1, -0.05) is 17.7 Å². The number of benzene rings is 2. The van der Waals surface area contributed by atoms with Crippen molar-refractivity contribution in [1.82, 2.24) is 0 Å². The number of hydrogen-bond donors (Lipinski definition) is 3. The van der Waals surface area contributed by atoms with Gasteiger partial charge in [0.2, 0.25) is 0 Å². The van der Waals surface area contributed by atoms with E-state index in [4.69, 9.17) is 16.2 Å². The molecular formula is C21H31N3O3. The van der Waals surface area contributed by atoms with Crippen LogP contribution in [0.1, 0.15) is 26.3 Å². The number of aldehydes is 1. The molecule has 0 bridgehead atoms. The standard InChI is InChI=1S/C14H15NO.C4H9NO.C3H7NO/c1-11-3-7-13(8-4-11)16-14-9-5-12(15-2)6-10-14;1-3(5)4(2)6;1-3(4)2-5/h3-10,15H,1-2H3;3H,5H2,1-2H3;2-3H,4H2,1H3. The van der Waals surface area contributed by atoms with Crippen LogP contribution in [0.25, 0.3) is 0 Å². The second kappa shape index (κ2) is 13.5. The van der Waals surface area contributed by atoms with Crippen molar-refractivity contribution in [2.45, 2.75) is 39.8 Å². The van der Waals surface area contributed by atoms with E-state index in [1.807, 2.05) is 55.6 Å². The fourth-order valence-corrected chi connectivity index (χ4v) is 1.43. The first-order chi connectivity index (χ1) is 12.7. The van der Waals surface area contributed by atoms with Crippen LogP contribution in [0.3, 0.4) is 0 Å². The van der Waals surface area contributed by atoms with E-state index < -0.39 is 0 Å². The Balaban J connectivity index is 0.000000511. The molecule has 0 spiro atoms. The van der Waals surface area contributed by atoms with Crippen molar-refractivity contribution in [2.24, 2.45) is 11.5 Å². The molecule has 0 saturated carbocycles. The normalized spacial score (nSPS) is 11.5. The quantitative estimate of drug-likeness (QED) is 0.694. The number of nitrogens with two attached hydrogens (primary N) is 2. The third-order valence-corrected chi connectivity index (χ3v) is 3.26. The molecule has 148 valence electrons. The van der Waals surface area contributed by atoms with Crippen molar-refractivity contribution < 1.29 is 14.3 Å². The fourth-order valence-electron chi connectivity index (χ4n) is 1.43. The van der Waals surface area contributed by atoms with Crippen molar-refractivity contribution in [3.63, 3.8) is 0 Å². The van der Waals surface area contributed by atoms with E-state index in [2.05, 4.69) is 12.2 Å². The summed E-state index contributed by atoms with van der Waals surface area (Å²) < 4.78 is 5.71. The summed E-state index contributed by atoms with van der Waals surface area (Å²) in [7, 11) is 1.90. The van der Waals surface area contributed by atoms with Crippen LogP contribution in [-0.2, 0) is 9.59 Å². The van der Waals surface area contributed by atoms with Crippen LogP contribution in [0.2, 0.25) is 0 Å². The van der Waals surface area contributed by atoms with Gasteiger partial charge in [0.25, 0.3) is 0 Å². The summed E-state index contributed by atoms with van der Waals surface area (Å²) in [5.74, 6) is 1.75. The molecule has 5 N–H and O–H groups in total. The molecule has 2 aromatic rings. The maximum atomic E-state index is 10.0. The number of carbonyl (C=O) groups is 2. The molecule has 0 aliphatic heterocycles. The number of nitrogens with one attached hydrogen (secondary N) is 1. The number of ketones is 1. The van der Waals surface area contributed by atoms with E-state index >= 15 is 0 Å². The summed E-state index contributed by atoms with van der Waals surface area (Å²) in [4.78, 5) is 19.4. The first-order valence-electron chi connectivity index (χ1n) is 8.68. The lowest BCUT2D eigenvalue weighted by molar-refractivity contribution is -0.117. The van der Waals surface area contributed by atoms with Crippen molar-refractivity contribution in [3.8, 4) is 11.5 Å². The SMILES string of the molecule is CC(=O)C(C)N.CC(N)C=O.CNc1ccc(Oc2ccc(C)cc2)cc1. The highest BCUT2D eigenvalue weighted by molar-refractivity contribution is 5.80. The van der Waals surface area contributed by atoms with Crippen LogP contribution < -0.4 is 21.5 Å². The Morgan fingerprint density at radius 3 is 1.67 bits per heavy atom. The Labute approximate surface area is 161 Å². The summed E-state index contributed by atoms with van der Waals surface area (Å²) in [5, 5.41) is 3.07. The zero-order valence-electron chi connectivity index (χ0n) is 16.7. The molecule has 2 unspecified atom stereocenters. The summed E-state index contributed by atoms with van der Waals surface area (Å²) in [6.07, 6.45) is 0.694. The van der Waals surface area contributed by atoms with Crippen LogP contribution in [0, 0.1) is 6.92 Å². The molecule has 0 fully saturated rings. The van der Waals surface area contributed by atoms with Crippen molar-refractivity contribution in [3.05, 3.63) is 54.1 Å².